The summed E-state index contributed by atoms with van der Waals surface area (Å²) >= 11 is 0. The standard InChI is InChI=1S/C9H13N3/c1-9(2-3-9)12-8-4-7(10)5-11-6-8/h4-6,12H,2-3,10H2,1H3. The lowest BCUT2D eigenvalue weighted by atomic mass is 10.3. The van der Waals surface area contributed by atoms with E-state index in [1.54, 1.807) is 12.4 Å². The number of nitrogen functional groups attached to an aromatic ring is 1. The van der Waals surface area contributed by atoms with E-state index in [1.807, 2.05) is 6.07 Å². The van der Waals surface area contributed by atoms with E-state index in [-0.39, 0.29) is 0 Å². The second-order valence-electron chi connectivity index (χ2n) is 3.69. The molecular formula is C9H13N3. The molecule has 1 aromatic heterocycles. The minimum Gasteiger partial charge on any atom is -0.397 e. The van der Waals surface area contributed by atoms with Crippen LogP contribution in [0.25, 0.3) is 0 Å². The Morgan fingerprint density at radius 1 is 1.50 bits per heavy atom. The van der Waals surface area contributed by atoms with Gasteiger partial charge in [0.25, 0.3) is 0 Å². The molecule has 1 aliphatic rings. The predicted molar refractivity (Wildman–Crippen MR) is 49.9 cm³/mol. The molecule has 3 heteroatoms. The Bertz CT molecular complexity index is 292. The Balaban J connectivity index is 2.12. The normalized spacial score (nSPS) is 18.8. The largest absolute Gasteiger partial charge is 0.397 e. The Morgan fingerprint density at radius 2 is 2.25 bits per heavy atom. The van der Waals surface area contributed by atoms with Crippen LogP contribution in [0.1, 0.15) is 19.8 Å². The van der Waals surface area contributed by atoms with Crippen LogP contribution in [0.15, 0.2) is 18.5 Å². The third kappa shape index (κ3) is 1.49. The summed E-state index contributed by atoms with van der Waals surface area (Å²) in [6.07, 6.45) is 5.93. The van der Waals surface area contributed by atoms with E-state index in [9.17, 15) is 0 Å². The minimum atomic E-state index is 0.301. The highest BCUT2D eigenvalue weighted by Gasteiger charge is 2.36. The molecule has 0 atom stereocenters. The van der Waals surface area contributed by atoms with Crippen LogP contribution in [0.5, 0.6) is 0 Å². The molecule has 0 aromatic carbocycles. The number of rotatable bonds is 2. The highest BCUT2D eigenvalue weighted by Crippen LogP contribution is 2.38. The van der Waals surface area contributed by atoms with Gasteiger partial charge in [-0.15, -0.1) is 0 Å². The first-order valence-electron chi connectivity index (χ1n) is 4.17. The summed E-state index contributed by atoms with van der Waals surface area (Å²) in [7, 11) is 0. The summed E-state index contributed by atoms with van der Waals surface area (Å²) in [5, 5.41) is 3.39. The SMILES string of the molecule is CC1(Nc2cncc(N)c2)CC1. The van der Waals surface area contributed by atoms with E-state index in [1.165, 1.54) is 12.8 Å². The number of hydrogen-bond donors (Lipinski definition) is 2. The molecule has 2 rings (SSSR count). The van der Waals surface area contributed by atoms with Crippen molar-refractivity contribution in [1.82, 2.24) is 4.98 Å². The Hall–Kier alpha value is -1.25. The average molecular weight is 163 g/mol. The van der Waals surface area contributed by atoms with Crippen LogP contribution in [0.4, 0.5) is 11.4 Å². The Kier molecular flexibility index (Phi) is 1.46. The smallest absolute Gasteiger partial charge is 0.0551 e. The van der Waals surface area contributed by atoms with Crippen LogP contribution in [0.3, 0.4) is 0 Å². The molecule has 3 N–H and O–H groups in total. The highest BCUT2D eigenvalue weighted by molar-refractivity contribution is 5.53. The first kappa shape index (κ1) is 7.40. The summed E-state index contributed by atoms with van der Waals surface area (Å²) in [5.74, 6) is 0. The number of hydrogen-bond acceptors (Lipinski definition) is 3. The summed E-state index contributed by atoms with van der Waals surface area (Å²) in [5.41, 5.74) is 7.63. The van der Waals surface area contributed by atoms with Gasteiger partial charge in [0.15, 0.2) is 0 Å². The molecule has 1 heterocycles. The molecular weight excluding hydrogens is 150 g/mol. The fraction of sp³-hybridized carbons (Fsp3) is 0.444. The predicted octanol–water partition coefficient (Wildman–Crippen LogP) is 1.63. The van der Waals surface area contributed by atoms with Crippen LogP contribution in [0.2, 0.25) is 0 Å². The van der Waals surface area contributed by atoms with Gasteiger partial charge in [0.2, 0.25) is 0 Å². The van der Waals surface area contributed by atoms with E-state index in [0.29, 0.717) is 11.2 Å². The number of aromatic nitrogens is 1. The topological polar surface area (TPSA) is 50.9 Å². The van der Waals surface area contributed by atoms with Crippen LogP contribution in [-0.2, 0) is 0 Å². The second kappa shape index (κ2) is 2.37. The summed E-state index contributed by atoms with van der Waals surface area (Å²) < 4.78 is 0. The molecule has 1 aliphatic carbocycles. The Labute approximate surface area is 72.0 Å². The second-order valence-corrected chi connectivity index (χ2v) is 3.69. The van der Waals surface area contributed by atoms with E-state index in [2.05, 4.69) is 17.2 Å². The maximum absolute atomic E-state index is 5.60. The number of nitrogens with zero attached hydrogens (tertiary/aromatic N) is 1. The molecule has 0 amide bonds. The lowest BCUT2D eigenvalue weighted by molar-refractivity contribution is 0.828. The molecule has 0 saturated heterocycles. The van der Waals surface area contributed by atoms with Crippen molar-refractivity contribution in [2.24, 2.45) is 0 Å². The quantitative estimate of drug-likeness (QED) is 0.696. The van der Waals surface area contributed by atoms with E-state index >= 15 is 0 Å². The van der Waals surface area contributed by atoms with Gasteiger partial charge >= 0.3 is 0 Å². The molecule has 1 aromatic rings. The highest BCUT2D eigenvalue weighted by atomic mass is 15.0. The molecule has 12 heavy (non-hydrogen) atoms. The lowest BCUT2D eigenvalue weighted by Crippen LogP contribution is -2.15. The number of anilines is 2. The summed E-state index contributed by atoms with van der Waals surface area (Å²) in [6.45, 7) is 2.20. The number of nitrogens with one attached hydrogen (secondary N) is 1. The van der Waals surface area contributed by atoms with Crippen molar-refractivity contribution in [2.45, 2.75) is 25.3 Å². The van der Waals surface area contributed by atoms with Gasteiger partial charge in [-0.25, -0.2) is 0 Å². The van der Waals surface area contributed by atoms with E-state index < -0.39 is 0 Å². The molecule has 0 aliphatic heterocycles. The van der Waals surface area contributed by atoms with Crippen molar-refractivity contribution in [3.05, 3.63) is 18.5 Å². The molecule has 0 bridgehead atoms. The molecule has 0 unspecified atom stereocenters. The first-order valence-corrected chi connectivity index (χ1v) is 4.17. The fourth-order valence-corrected chi connectivity index (χ4v) is 1.19. The third-order valence-electron chi connectivity index (χ3n) is 2.21. The zero-order valence-corrected chi connectivity index (χ0v) is 7.17. The van der Waals surface area contributed by atoms with Gasteiger partial charge in [-0.2, -0.15) is 0 Å². The van der Waals surface area contributed by atoms with Gasteiger partial charge in [0.05, 0.1) is 17.6 Å². The lowest BCUT2D eigenvalue weighted by Gasteiger charge is -2.12. The average Bonchev–Trinajstić information content (AvgIpc) is 2.67. The monoisotopic (exact) mass is 163 g/mol. The Morgan fingerprint density at radius 3 is 2.83 bits per heavy atom. The third-order valence-corrected chi connectivity index (χ3v) is 2.21. The number of pyridine rings is 1. The van der Waals surface area contributed by atoms with Gasteiger partial charge in [-0.3, -0.25) is 4.98 Å². The zero-order chi connectivity index (χ0) is 8.60. The van der Waals surface area contributed by atoms with Gasteiger partial charge in [0.1, 0.15) is 0 Å². The molecule has 0 radical (unpaired) electrons. The van der Waals surface area contributed by atoms with Crippen LogP contribution in [-0.4, -0.2) is 10.5 Å². The minimum absolute atomic E-state index is 0.301. The van der Waals surface area contributed by atoms with Crippen molar-refractivity contribution >= 4 is 11.4 Å². The van der Waals surface area contributed by atoms with E-state index in [4.69, 9.17) is 5.73 Å². The van der Waals surface area contributed by atoms with Gasteiger partial charge < -0.3 is 11.1 Å². The van der Waals surface area contributed by atoms with Crippen molar-refractivity contribution < 1.29 is 0 Å². The van der Waals surface area contributed by atoms with Crippen LogP contribution in [0, 0.1) is 0 Å². The summed E-state index contributed by atoms with van der Waals surface area (Å²) in [4.78, 5) is 4.01. The van der Waals surface area contributed by atoms with Crippen LogP contribution >= 0.6 is 0 Å². The first-order chi connectivity index (χ1) is 5.68. The fourth-order valence-electron chi connectivity index (χ4n) is 1.19. The molecule has 1 saturated carbocycles. The molecule has 1 fully saturated rings. The van der Waals surface area contributed by atoms with Crippen LogP contribution < -0.4 is 11.1 Å². The molecule has 0 spiro atoms. The molecule has 3 nitrogen and oxygen atoms in total. The van der Waals surface area contributed by atoms with Crippen molar-refractivity contribution in [3.63, 3.8) is 0 Å². The van der Waals surface area contributed by atoms with Gasteiger partial charge in [-0.05, 0) is 25.8 Å². The maximum Gasteiger partial charge on any atom is 0.0551 e. The van der Waals surface area contributed by atoms with Gasteiger partial charge in [-0.1, -0.05) is 0 Å². The van der Waals surface area contributed by atoms with Crippen molar-refractivity contribution in [2.75, 3.05) is 11.1 Å². The van der Waals surface area contributed by atoms with E-state index in [0.717, 1.165) is 5.69 Å². The zero-order valence-electron chi connectivity index (χ0n) is 7.17. The number of nitrogens with two attached hydrogens (primary N) is 1. The maximum atomic E-state index is 5.60. The molecule has 64 valence electrons. The van der Waals surface area contributed by atoms with Crippen molar-refractivity contribution in [3.8, 4) is 0 Å². The summed E-state index contributed by atoms with van der Waals surface area (Å²) in [6, 6.07) is 1.91. The van der Waals surface area contributed by atoms with Crippen molar-refractivity contribution in [1.29, 1.82) is 0 Å². The van der Waals surface area contributed by atoms with Gasteiger partial charge in [0, 0.05) is 11.7 Å².